The SMILES string of the molecule is COc1nc(C2CC23CC2(CC2)CN2C3=NOC2(C)c2ccc(F)cn2)ccc1-n1cnc(C)c1. The number of hydrogen-bond donors (Lipinski definition) is 0. The number of piperidine rings is 1. The predicted octanol–water partition coefficient (Wildman–Crippen LogP) is 4.29. The average Bonchev–Trinajstić information content (AvgIpc) is 3.68. The molecule has 3 aromatic rings. The molecule has 3 unspecified atom stereocenters. The van der Waals surface area contributed by atoms with Gasteiger partial charge in [0.25, 0.3) is 5.72 Å². The summed E-state index contributed by atoms with van der Waals surface area (Å²) < 4.78 is 21.2. The number of imidazole rings is 1. The Hall–Kier alpha value is -3.49. The van der Waals surface area contributed by atoms with Crippen LogP contribution < -0.4 is 4.74 Å². The summed E-state index contributed by atoms with van der Waals surface area (Å²) in [7, 11) is 1.65. The van der Waals surface area contributed by atoms with Crippen molar-refractivity contribution < 1.29 is 14.0 Å². The lowest BCUT2D eigenvalue weighted by Gasteiger charge is -2.43. The molecule has 4 aliphatic rings. The van der Waals surface area contributed by atoms with Gasteiger partial charge in [-0.15, -0.1) is 0 Å². The number of rotatable bonds is 4. The summed E-state index contributed by atoms with van der Waals surface area (Å²) in [6.07, 6.45) is 9.44. The van der Waals surface area contributed by atoms with Gasteiger partial charge in [-0.25, -0.2) is 14.4 Å². The Morgan fingerprint density at radius 3 is 2.71 bits per heavy atom. The molecule has 2 spiro atoms. The summed E-state index contributed by atoms with van der Waals surface area (Å²) in [6, 6.07) is 7.28. The van der Waals surface area contributed by atoms with Gasteiger partial charge >= 0.3 is 0 Å². The minimum absolute atomic E-state index is 0.113. The highest BCUT2D eigenvalue weighted by Crippen LogP contribution is 2.73. The van der Waals surface area contributed by atoms with Crippen molar-refractivity contribution in [2.24, 2.45) is 16.0 Å². The summed E-state index contributed by atoms with van der Waals surface area (Å²) in [5, 5.41) is 4.64. The summed E-state index contributed by atoms with van der Waals surface area (Å²) >= 11 is 0. The van der Waals surface area contributed by atoms with Crippen LogP contribution in [-0.4, -0.2) is 43.9 Å². The Bertz CT molecular complexity index is 1370. The van der Waals surface area contributed by atoms with Gasteiger partial charge in [0.15, 0.2) is 5.84 Å². The van der Waals surface area contributed by atoms with Crippen molar-refractivity contribution in [3.05, 3.63) is 65.9 Å². The van der Waals surface area contributed by atoms with Crippen LogP contribution in [0, 0.1) is 23.6 Å². The summed E-state index contributed by atoms with van der Waals surface area (Å²) in [5.74, 6) is 1.44. The van der Waals surface area contributed by atoms with Crippen LogP contribution >= 0.6 is 0 Å². The van der Waals surface area contributed by atoms with Crippen LogP contribution in [0.2, 0.25) is 0 Å². The highest BCUT2D eigenvalue weighted by molar-refractivity contribution is 5.94. The Morgan fingerprint density at radius 1 is 1.17 bits per heavy atom. The maximum absolute atomic E-state index is 13.6. The maximum atomic E-state index is 13.6. The van der Waals surface area contributed by atoms with Crippen LogP contribution in [0.3, 0.4) is 0 Å². The lowest BCUT2D eigenvalue weighted by molar-refractivity contribution is -0.103. The molecular weight excluding hydrogens is 447 g/mol. The molecule has 0 amide bonds. The van der Waals surface area contributed by atoms with Crippen molar-refractivity contribution in [1.29, 1.82) is 0 Å². The first-order valence-electron chi connectivity index (χ1n) is 12.1. The van der Waals surface area contributed by atoms with Gasteiger partial charge in [-0.1, -0.05) is 5.16 Å². The first kappa shape index (κ1) is 20.8. The van der Waals surface area contributed by atoms with Gasteiger partial charge in [-0.2, -0.15) is 0 Å². The number of methoxy groups -OCH3 is 1. The van der Waals surface area contributed by atoms with Crippen molar-refractivity contribution >= 4 is 5.84 Å². The molecule has 0 aromatic carbocycles. The molecule has 7 rings (SSSR count). The number of hydrogen-bond acceptors (Lipinski definition) is 7. The zero-order valence-electron chi connectivity index (χ0n) is 20.0. The number of fused-ring (bicyclic) bond motifs is 2. The van der Waals surface area contributed by atoms with E-state index in [4.69, 9.17) is 14.6 Å². The normalized spacial score (nSPS) is 29.7. The van der Waals surface area contributed by atoms with Crippen molar-refractivity contribution in [2.45, 2.75) is 51.2 Å². The largest absolute Gasteiger partial charge is 0.479 e. The zero-order chi connectivity index (χ0) is 24.0. The van der Waals surface area contributed by atoms with Gasteiger partial charge in [-0.3, -0.25) is 4.98 Å². The highest BCUT2D eigenvalue weighted by Gasteiger charge is 2.72. The maximum Gasteiger partial charge on any atom is 0.251 e. The first-order valence-corrected chi connectivity index (χ1v) is 12.1. The first-order chi connectivity index (χ1) is 16.9. The molecule has 0 bridgehead atoms. The number of aryl methyl sites for hydroxylation is 1. The quantitative estimate of drug-likeness (QED) is 0.561. The third kappa shape index (κ3) is 2.96. The number of nitrogens with zero attached hydrogens (tertiary/aromatic N) is 6. The summed E-state index contributed by atoms with van der Waals surface area (Å²) in [4.78, 5) is 22.0. The highest BCUT2D eigenvalue weighted by atomic mass is 19.1. The molecular formula is C26H27FN6O2. The predicted molar refractivity (Wildman–Crippen MR) is 125 cm³/mol. The van der Waals surface area contributed by atoms with Gasteiger partial charge in [-0.05, 0) is 62.3 Å². The van der Waals surface area contributed by atoms with Crippen molar-refractivity contribution in [3.8, 4) is 11.6 Å². The van der Waals surface area contributed by atoms with Crippen LogP contribution in [0.1, 0.15) is 55.6 Å². The molecule has 0 radical (unpaired) electrons. The van der Waals surface area contributed by atoms with Gasteiger partial charge in [0, 0.05) is 36.7 Å². The van der Waals surface area contributed by atoms with Crippen LogP contribution in [0.4, 0.5) is 4.39 Å². The molecule has 0 N–H and O–H groups in total. The molecule has 2 saturated carbocycles. The second kappa shape index (κ2) is 6.80. The topological polar surface area (TPSA) is 77.7 Å². The van der Waals surface area contributed by atoms with E-state index in [1.807, 2.05) is 24.6 Å². The van der Waals surface area contributed by atoms with E-state index >= 15 is 0 Å². The Morgan fingerprint density at radius 2 is 2.03 bits per heavy atom. The smallest absolute Gasteiger partial charge is 0.251 e. The Kier molecular flexibility index (Phi) is 4.05. The van der Waals surface area contributed by atoms with E-state index in [1.54, 1.807) is 19.5 Å². The Labute approximate surface area is 202 Å². The molecule has 2 aliphatic heterocycles. The Balaban J connectivity index is 1.24. The lowest BCUT2D eigenvalue weighted by atomic mass is 9.80. The van der Waals surface area contributed by atoms with Crippen LogP contribution in [0.15, 0.2) is 48.1 Å². The summed E-state index contributed by atoms with van der Waals surface area (Å²) in [5.41, 5.74) is 2.80. The molecule has 2 aliphatic carbocycles. The number of halogens is 1. The van der Waals surface area contributed by atoms with E-state index < -0.39 is 5.72 Å². The number of pyridine rings is 2. The molecule has 1 saturated heterocycles. The fraction of sp³-hybridized carbons (Fsp3) is 0.462. The lowest BCUT2D eigenvalue weighted by Crippen LogP contribution is -2.54. The van der Waals surface area contributed by atoms with E-state index in [-0.39, 0.29) is 22.6 Å². The van der Waals surface area contributed by atoms with E-state index in [9.17, 15) is 4.39 Å². The minimum atomic E-state index is -0.840. The third-order valence-electron chi connectivity index (χ3n) is 8.35. The van der Waals surface area contributed by atoms with Gasteiger partial charge < -0.3 is 19.0 Å². The third-order valence-corrected chi connectivity index (χ3v) is 8.35. The molecule has 3 atom stereocenters. The fourth-order valence-corrected chi connectivity index (χ4v) is 6.18. The molecule has 35 heavy (non-hydrogen) atoms. The average molecular weight is 475 g/mol. The monoisotopic (exact) mass is 474 g/mol. The molecule has 9 heteroatoms. The van der Waals surface area contributed by atoms with Crippen LogP contribution in [-0.2, 0) is 10.6 Å². The van der Waals surface area contributed by atoms with Crippen molar-refractivity contribution in [3.63, 3.8) is 0 Å². The van der Waals surface area contributed by atoms with Gasteiger partial charge in [0.05, 0.1) is 25.3 Å². The second-order valence-corrected chi connectivity index (χ2v) is 10.7. The second-order valence-electron chi connectivity index (χ2n) is 10.7. The van der Waals surface area contributed by atoms with Crippen LogP contribution in [0.25, 0.3) is 5.69 Å². The fourth-order valence-electron chi connectivity index (χ4n) is 6.18. The molecule has 5 heterocycles. The number of oxime groups is 1. The van der Waals surface area contributed by atoms with E-state index in [2.05, 4.69) is 32.2 Å². The van der Waals surface area contributed by atoms with E-state index in [1.165, 1.54) is 25.1 Å². The van der Waals surface area contributed by atoms with Gasteiger partial charge in [0.2, 0.25) is 5.88 Å². The molecule has 8 nitrogen and oxygen atoms in total. The van der Waals surface area contributed by atoms with E-state index in [0.717, 1.165) is 42.3 Å². The van der Waals surface area contributed by atoms with Crippen molar-refractivity contribution in [1.82, 2.24) is 24.4 Å². The molecule has 3 aromatic heterocycles. The standard InChI is InChI=1S/C26H27FN6O2/c1-16-12-32(15-29-16)20-6-5-19(30-22(20)34-3)18-10-26(18)13-25(8-9-25)14-33-23(26)31-35-24(33,2)21-7-4-17(27)11-28-21/h4-7,11-12,15,18H,8-10,13-14H2,1-3H3. The number of ether oxygens (including phenoxy) is 1. The van der Waals surface area contributed by atoms with E-state index in [0.29, 0.717) is 11.6 Å². The molecule has 180 valence electrons. The van der Waals surface area contributed by atoms with Gasteiger partial charge in [0.1, 0.15) is 17.2 Å². The van der Waals surface area contributed by atoms with Crippen LogP contribution in [0.5, 0.6) is 5.88 Å². The minimum Gasteiger partial charge on any atom is -0.479 e. The zero-order valence-corrected chi connectivity index (χ0v) is 20.0. The number of aromatic nitrogens is 4. The van der Waals surface area contributed by atoms with Crippen molar-refractivity contribution in [2.75, 3.05) is 13.7 Å². The number of amidine groups is 1. The summed E-state index contributed by atoms with van der Waals surface area (Å²) in [6.45, 7) is 4.83. The molecule has 3 fully saturated rings.